The minimum Gasteiger partial charge on any atom is -0.325 e. The van der Waals surface area contributed by atoms with Gasteiger partial charge in [-0.15, -0.1) is 0 Å². The summed E-state index contributed by atoms with van der Waals surface area (Å²) in [6, 6.07) is 3.06. The van der Waals surface area contributed by atoms with Gasteiger partial charge in [0.1, 0.15) is 0 Å². The van der Waals surface area contributed by atoms with E-state index < -0.39 is 31.1 Å². The van der Waals surface area contributed by atoms with Crippen LogP contribution < -0.4 is 10.5 Å². The third-order valence-electron chi connectivity index (χ3n) is 4.38. The summed E-state index contributed by atoms with van der Waals surface area (Å²) in [4.78, 5) is -0.406. The normalized spacial score (nSPS) is 30.6. The summed E-state index contributed by atoms with van der Waals surface area (Å²) < 4.78 is 65.0. The van der Waals surface area contributed by atoms with Crippen LogP contribution in [-0.2, 0) is 16.2 Å². The summed E-state index contributed by atoms with van der Waals surface area (Å²) in [6.45, 7) is 0.205. The van der Waals surface area contributed by atoms with Gasteiger partial charge in [-0.2, -0.15) is 13.2 Å². The second kappa shape index (κ2) is 4.68. The summed E-state index contributed by atoms with van der Waals surface area (Å²) >= 11 is 2.76. The van der Waals surface area contributed by atoms with Crippen molar-refractivity contribution in [3.8, 4) is 0 Å². The van der Waals surface area contributed by atoms with Crippen molar-refractivity contribution in [1.29, 1.82) is 0 Å². The topological polar surface area (TPSA) is 72.2 Å². The van der Waals surface area contributed by atoms with E-state index in [0.29, 0.717) is 0 Å². The number of benzene rings is 1. The van der Waals surface area contributed by atoms with Crippen molar-refractivity contribution in [2.24, 2.45) is 11.1 Å². The van der Waals surface area contributed by atoms with E-state index in [9.17, 15) is 21.6 Å². The number of alkyl halides is 3. The molecule has 1 aromatic rings. The fourth-order valence-electron chi connectivity index (χ4n) is 3.54. The quantitative estimate of drug-likeness (QED) is 0.818. The van der Waals surface area contributed by atoms with Crippen LogP contribution in [0.25, 0.3) is 0 Å². The molecule has 0 heterocycles. The monoisotopic (exact) mass is 398 g/mol. The maximum absolute atomic E-state index is 12.8. The summed E-state index contributed by atoms with van der Waals surface area (Å²) in [5.41, 5.74) is 4.63. The molecule has 3 aliphatic rings. The Hall–Kier alpha value is -0.640. The molecule has 0 unspecified atom stereocenters. The Morgan fingerprint density at radius 1 is 1.27 bits per heavy atom. The first-order valence-electron chi connectivity index (χ1n) is 6.61. The van der Waals surface area contributed by atoms with E-state index in [2.05, 4.69) is 20.7 Å². The van der Waals surface area contributed by atoms with Crippen molar-refractivity contribution in [3.05, 3.63) is 28.2 Å². The number of hydrogen-bond acceptors (Lipinski definition) is 3. The van der Waals surface area contributed by atoms with E-state index in [-0.39, 0.29) is 17.5 Å². The highest BCUT2D eigenvalue weighted by Crippen LogP contribution is 2.65. The van der Waals surface area contributed by atoms with Gasteiger partial charge in [0.25, 0.3) is 0 Å². The fraction of sp³-hybridized carbons (Fsp3) is 0.538. The van der Waals surface area contributed by atoms with Crippen LogP contribution in [0.1, 0.15) is 24.8 Å². The molecule has 0 radical (unpaired) electrons. The van der Waals surface area contributed by atoms with E-state index in [1.54, 1.807) is 0 Å². The Balaban J connectivity index is 1.81. The highest BCUT2D eigenvalue weighted by Gasteiger charge is 2.65. The smallest absolute Gasteiger partial charge is 0.325 e. The van der Waals surface area contributed by atoms with Crippen LogP contribution in [0.3, 0.4) is 0 Å². The minimum absolute atomic E-state index is 0.115. The first-order valence-corrected chi connectivity index (χ1v) is 8.88. The number of nitrogens with two attached hydrogens (primary N) is 1. The van der Waals surface area contributed by atoms with Crippen LogP contribution >= 0.6 is 15.9 Å². The Morgan fingerprint density at radius 2 is 1.86 bits per heavy atom. The van der Waals surface area contributed by atoms with Gasteiger partial charge in [-0.25, -0.2) is 13.1 Å². The van der Waals surface area contributed by atoms with Crippen molar-refractivity contribution >= 4 is 26.0 Å². The van der Waals surface area contributed by atoms with E-state index in [1.165, 1.54) is 0 Å². The van der Waals surface area contributed by atoms with Crippen molar-refractivity contribution in [3.63, 3.8) is 0 Å². The number of halogens is 4. The number of nitrogens with one attached hydrogen (secondary N) is 1. The Bertz CT molecular complexity index is 714. The zero-order valence-corrected chi connectivity index (χ0v) is 13.8. The third kappa shape index (κ3) is 2.57. The fourth-order valence-corrected chi connectivity index (χ4v) is 5.92. The van der Waals surface area contributed by atoms with E-state index >= 15 is 0 Å². The van der Waals surface area contributed by atoms with E-state index in [4.69, 9.17) is 5.73 Å². The molecule has 4 rings (SSSR count). The molecule has 4 nitrogen and oxygen atoms in total. The first kappa shape index (κ1) is 16.2. The second-order valence-corrected chi connectivity index (χ2v) is 8.86. The lowest BCUT2D eigenvalue weighted by Gasteiger charge is -2.69. The van der Waals surface area contributed by atoms with E-state index in [1.807, 2.05) is 0 Å². The highest BCUT2D eigenvalue weighted by molar-refractivity contribution is 9.10. The predicted octanol–water partition coefficient (Wildman–Crippen LogP) is 2.63. The van der Waals surface area contributed by atoms with Crippen molar-refractivity contribution in [1.82, 2.24) is 4.72 Å². The molecule has 9 heteroatoms. The molecular weight excluding hydrogens is 385 g/mol. The summed E-state index contributed by atoms with van der Waals surface area (Å²) in [7, 11) is -4.02. The summed E-state index contributed by atoms with van der Waals surface area (Å²) in [5.74, 6) is 0. The molecule has 0 atom stereocenters. The molecule has 0 aliphatic heterocycles. The van der Waals surface area contributed by atoms with Gasteiger partial charge in [0, 0.05) is 16.6 Å². The van der Waals surface area contributed by atoms with Crippen LogP contribution in [0.4, 0.5) is 13.2 Å². The maximum Gasteiger partial charge on any atom is 0.417 e. The van der Waals surface area contributed by atoms with Gasteiger partial charge in [0.15, 0.2) is 0 Å². The molecule has 22 heavy (non-hydrogen) atoms. The van der Waals surface area contributed by atoms with Crippen molar-refractivity contribution in [2.45, 2.75) is 35.9 Å². The molecule has 3 aliphatic carbocycles. The lowest BCUT2D eigenvalue weighted by Crippen LogP contribution is -2.74. The number of hydrogen-bond donors (Lipinski definition) is 2. The maximum atomic E-state index is 12.8. The van der Waals surface area contributed by atoms with Crippen LogP contribution in [-0.4, -0.2) is 20.5 Å². The average molecular weight is 399 g/mol. The molecule has 0 spiro atoms. The molecule has 3 fully saturated rings. The molecule has 122 valence electrons. The SMILES string of the molecule is NC12CC(CNS(=O)(=O)c3cccc(C(F)(F)F)c3Br)(C1)C2. The molecule has 3 saturated carbocycles. The zero-order chi connectivity index (χ0) is 16.4. The largest absolute Gasteiger partial charge is 0.417 e. The van der Waals surface area contributed by atoms with Gasteiger partial charge in [0.2, 0.25) is 10.0 Å². The predicted molar refractivity (Wildman–Crippen MR) is 77.5 cm³/mol. The van der Waals surface area contributed by atoms with Gasteiger partial charge in [-0.1, -0.05) is 6.07 Å². The molecular formula is C13H14BrF3N2O2S. The molecule has 3 N–H and O–H groups in total. The van der Waals surface area contributed by atoms with Gasteiger partial charge < -0.3 is 5.73 Å². The van der Waals surface area contributed by atoms with Crippen molar-refractivity contribution < 1.29 is 21.6 Å². The summed E-state index contributed by atoms with van der Waals surface area (Å²) in [5, 5.41) is 0. The first-order chi connectivity index (χ1) is 9.97. The molecule has 2 bridgehead atoms. The minimum atomic E-state index is -4.62. The third-order valence-corrected chi connectivity index (χ3v) is 6.94. The molecule has 1 aromatic carbocycles. The standard InChI is InChI=1S/C13H14BrF3N2O2S/c14-10-8(13(15,16)17)2-1-3-9(10)22(20,21)19-7-11-4-12(18,5-11)6-11/h1-3,19H,4-7,18H2. The molecule has 0 aromatic heterocycles. The Kier molecular flexibility index (Phi) is 3.46. The Labute approximate surface area is 134 Å². The lowest BCUT2D eigenvalue weighted by atomic mass is 9.40. The van der Waals surface area contributed by atoms with Crippen LogP contribution in [0.5, 0.6) is 0 Å². The van der Waals surface area contributed by atoms with Gasteiger partial charge in [-0.3, -0.25) is 0 Å². The van der Waals surface area contributed by atoms with Gasteiger partial charge >= 0.3 is 6.18 Å². The van der Waals surface area contributed by atoms with E-state index in [0.717, 1.165) is 37.5 Å². The van der Waals surface area contributed by atoms with Crippen LogP contribution in [0.15, 0.2) is 27.6 Å². The van der Waals surface area contributed by atoms with Gasteiger partial charge in [0.05, 0.1) is 10.5 Å². The zero-order valence-electron chi connectivity index (χ0n) is 11.4. The van der Waals surface area contributed by atoms with Crippen molar-refractivity contribution in [2.75, 3.05) is 6.54 Å². The van der Waals surface area contributed by atoms with Gasteiger partial charge in [-0.05, 0) is 52.7 Å². The molecule has 0 amide bonds. The summed E-state index contributed by atoms with van der Waals surface area (Å²) in [6.07, 6.45) is -2.35. The number of rotatable bonds is 4. The highest BCUT2D eigenvalue weighted by atomic mass is 79.9. The van der Waals surface area contributed by atoms with Crippen LogP contribution in [0.2, 0.25) is 0 Å². The lowest BCUT2D eigenvalue weighted by molar-refractivity contribution is -0.138. The Morgan fingerprint density at radius 3 is 2.36 bits per heavy atom. The molecule has 0 saturated heterocycles. The van der Waals surface area contributed by atoms with Crippen LogP contribution in [0, 0.1) is 5.41 Å². The average Bonchev–Trinajstić information content (AvgIpc) is 2.30. The number of sulfonamides is 1. The second-order valence-electron chi connectivity index (χ2n) is 6.33.